The summed E-state index contributed by atoms with van der Waals surface area (Å²) in [5.74, 6) is -1.02. The van der Waals surface area contributed by atoms with Gasteiger partial charge >= 0.3 is 5.97 Å². The first-order valence-corrected chi connectivity index (χ1v) is 8.83. The molecule has 1 atom stereocenters. The van der Waals surface area contributed by atoms with E-state index in [9.17, 15) is 19.7 Å². The zero-order valence-corrected chi connectivity index (χ0v) is 16.2. The molecule has 150 valence electrons. The first kappa shape index (κ1) is 21.3. The summed E-state index contributed by atoms with van der Waals surface area (Å²) in [7, 11) is 0. The molecular weight excluding hydrogens is 392 g/mol. The first-order chi connectivity index (χ1) is 13.2. The molecule has 1 aromatic carbocycles. The summed E-state index contributed by atoms with van der Waals surface area (Å²) in [6, 6.07) is 2.65. The van der Waals surface area contributed by atoms with E-state index in [1.807, 2.05) is 6.92 Å². The molecule has 1 aromatic heterocycles. The second-order valence-electron chi connectivity index (χ2n) is 6.18. The lowest BCUT2D eigenvalue weighted by molar-refractivity contribution is -0.384. The Hall–Kier alpha value is -3.01. The number of nitrogens with one attached hydrogen (secondary N) is 1. The van der Waals surface area contributed by atoms with Crippen molar-refractivity contribution in [1.29, 1.82) is 0 Å². The van der Waals surface area contributed by atoms with Gasteiger partial charge in [-0.3, -0.25) is 14.9 Å². The predicted molar refractivity (Wildman–Crippen MR) is 97.7 cm³/mol. The molecule has 0 bridgehead atoms. The van der Waals surface area contributed by atoms with Crippen molar-refractivity contribution in [2.24, 2.45) is 5.92 Å². The molecule has 1 amide bonds. The van der Waals surface area contributed by atoms with Crippen LogP contribution >= 0.6 is 11.6 Å². The largest absolute Gasteiger partial charge is 0.454 e. The molecule has 0 saturated carbocycles. The van der Waals surface area contributed by atoms with Crippen LogP contribution in [0.1, 0.15) is 42.8 Å². The molecule has 28 heavy (non-hydrogen) atoms. The Kier molecular flexibility index (Phi) is 7.05. The third-order valence-corrected chi connectivity index (χ3v) is 4.10. The number of aryl methyl sites for hydroxylation is 1. The number of hydrogen-bond donors (Lipinski definition) is 1. The highest BCUT2D eigenvalue weighted by molar-refractivity contribution is 6.32. The predicted octanol–water partition coefficient (Wildman–Crippen LogP) is 2.69. The number of halogens is 1. The summed E-state index contributed by atoms with van der Waals surface area (Å²) >= 11 is 5.75. The molecule has 0 aliphatic rings. The molecule has 11 heteroatoms. The fourth-order valence-electron chi connectivity index (χ4n) is 2.23. The van der Waals surface area contributed by atoms with Gasteiger partial charge in [0.05, 0.1) is 4.92 Å². The van der Waals surface area contributed by atoms with Crippen LogP contribution in [0.2, 0.25) is 5.02 Å². The van der Waals surface area contributed by atoms with E-state index >= 15 is 0 Å². The number of rotatable bonds is 8. The molecule has 1 N–H and O–H groups in total. The standard InChI is InChI=1S/C17H19ClN4O6/c1-4-13-19-14(28-21-13)8-27-17(24)15(9(2)3)20-16(23)10-5-6-11(18)12(7-10)22(25)26/h5-7,9,15H,4,8H2,1-3H3,(H,20,23)/t15-/m0/s1. The molecule has 1 heterocycles. The average molecular weight is 411 g/mol. The van der Waals surface area contributed by atoms with Crippen molar-refractivity contribution in [2.45, 2.75) is 39.8 Å². The molecule has 0 aliphatic heterocycles. The van der Waals surface area contributed by atoms with Gasteiger partial charge in [-0.05, 0) is 18.1 Å². The van der Waals surface area contributed by atoms with Gasteiger partial charge in [0.1, 0.15) is 11.1 Å². The number of amides is 1. The van der Waals surface area contributed by atoms with Crippen molar-refractivity contribution in [3.8, 4) is 0 Å². The molecule has 0 saturated heterocycles. The van der Waals surface area contributed by atoms with E-state index in [0.717, 1.165) is 6.07 Å². The number of carbonyl (C=O) groups excluding carboxylic acids is 2. The Bertz CT molecular complexity index is 882. The minimum atomic E-state index is -0.976. The number of nitro benzene ring substituents is 1. The molecule has 0 spiro atoms. The number of nitro groups is 1. The maximum Gasteiger partial charge on any atom is 0.329 e. The Morgan fingerprint density at radius 3 is 2.68 bits per heavy atom. The summed E-state index contributed by atoms with van der Waals surface area (Å²) < 4.78 is 10.1. The maximum atomic E-state index is 12.4. The van der Waals surface area contributed by atoms with Gasteiger partial charge < -0.3 is 14.6 Å². The van der Waals surface area contributed by atoms with Crippen molar-refractivity contribution in [3.05, 3.63) is 50.6 Å². The third kappa shape index (κ3) is 5.26. The number of aromatic nitrogens is 2. The van der Waals surface area contributed by atoms with Gasteiger partial charge in [0, 0.05) is 18.1 Å². The van der Waals surface area contributed by atoms with Gasteiger partial charge in [-0.2, -0.15) is 4.98 Å². The molecule has 0 unspecified atom stereocenters. The van der Waals surface area contributed by atoms with E-state index in [-0.39, 0.29) is 29.0 Å². The Balaban J connectivity index is 2.06. The van der Waals surface area contributed by atoms with Crippen molar-refractivity contribution in [2.75, 3.05) is 0 Å². The lowest BCUT2D eigenvalue weighted by Crippen LogP contribution is -2.45. The van der Waals surface area contributed by atoms with Gasteiger partial charge in [-0.15, -0.1) is 0 Å². The van der Waals surface area contributed by atoms with Gasteiger partial charge in [0.2, 0.25) is 0 Å². The molecule has 10 nitrogen and oxygen atoms in total. The minimum Gasteiger partial charge on any atom is -0.454 e. The normalized spacial score (nSPS) is 11.9. The highest BCUT2D eigenvalue weighted by atomic mass is 35.5. The van der Waals surface area contributed by atoms with Crippen molar-refractivity contribution in [1.82, 2.24) is 15.5 Å². The van der Waals surface area contributed by atoms with Crippen LogP contribution in [-0.2, 0) is 22.6 Å². The topological polar surface area (TPSA) is 137 Å². The lowest BCUT2D eigenvalue weighted by Gasteiger charge is -2.20. The monoisotopic (exact) mass is 410 g/mol. The minimum absolute atomic E-state index is 0.000890. The number of nitrogens with zero attached hydrogens (tertiary/aromatic N) is 3. The van der Waals surface area contributed by atoms with Gasteiger partial charge in [-0.1, -0.05) is 37.5 Å². The summed E-state index contributed by atoms with van der Waals surface area (Å²) in [5, 5.41) is 17.1. The van der Waals surface area contributed by atoms with Crippen LogP contribution < -0.4 is 5.32 Å². The molecule has 0 aliphatic carbocycles. The van der Waals surface area contributed by atoms with E-state index < -0.39 is 28.5 Å². The number of carbonyl (C=O) groups is 2. The second kappa shape index (κ2) is 9.27. The van der Waals surface area contributed by atoms with E-state index in [0.29, 0.717) is 12.2 Å². The van der Waals surface area contributed by atoms with Crippen LogP contribution in [0.4, 0.5) is 5.69 Å². The summed E-state index contributed by atoms with van der Waals surface area (Å²) in [4.78, 5) is 39.1. The first-order valence-electron chi connectivity index (χ1n) is 8.45. The van der Waals surface area contributed by atoms with Crippen LogP contribution in [0.5, 0.6) is 0 Å². The van der Waals surface area contributed by atoms with E-state index in [4.69, 9.17) is 20.9 Å². The summed E-state index contributed by atoms with van der Waals surface area (Å²) in [6.45, 7) is 5.07. The Labute approximate surface area is 165 Å². The average Bonchev–Trinajstić information content (AvgIpc) is 3.12. The zero-order chi connectivity index (χ0) is 20.8. The van der Waals surface area contributed by atoms with E-state index in [1.54, 1.807) is 13.8 Å². The Morgan fingerprint density at radius 2 is 2.11 bits per heavy atom. The van der Waals surface area contributed by atoms with Gasteiger partial charge in [0.25, 0.3) is 17.5 Å². The fraction of sp³-hybridized carbons (Fsp3) is 0.412. The van der Waals surface area contributed by atoms with Crippen molar-refractivity contribution >= 4 is 29.2 Å². The number of benzene rings is 1. The molecule has 0 radical (unpaired) electrons. The fourth-order valence-corrected chi connectivity index (χ4v) is 2.42. The number of esters is 1. The summed E-state index contributed by atoms with van der Waals surface area (Å²) in [6.07, 6.45) is 0.579. The SMILES string of the molecule is CCc1noc(COC(=O)[C@@H](NC(=O)c2ccc(Cl)c([N+](=O)[O-])c2)C(C)C)n1. The van der Waals surface area contributed by atoms with Gasteiger partial charge in [0.15, 0.2) is 12.4 Å². The number of ether oxygens (including phenoxy) is 1. The van der Waals surface area contributed by atoms with E-state index in [1.165, 1.54) is 12.1 Å². The molecule has 0 fully saturated rings. The van der Waals surface area contributed by atoms with E-state index in [2.05, 4.69) is 15.5 Å². The van der Waals surface area contributed by atoms with Crippen LogP contribution in [-0.4, -0.2) is 33.0 Å². The highest BCUT2D eigenvalue weighted by Crippen LogP contribution is 2.25. The Morgan fingerprint density at radius 1 is 1.39 bits per heavy atom. The molecule has 2 aromatic rings. The van der Waals surface area contributed by atoms with Crippen molar-refractivity contribution < 1.29 is 23.8 Å². The summed E-state index contributed by atoms with van der Waals surface area (Å²) in [5.41, 5.74) is -0.403. The lowest BCUT2D eigenvalue weighted by atomic mass is 10.0. The highest BCUT2D eigenvalue weighted by Gasteiger charge is 2.27. The smallest absolute Gasteiger partial charge is 0.329 e. The number of hydrogen-bond acceptors (Lipinski definition) is 8. The van der Waals surface area contributed by atoms with Crippen LogP contribution in [0.15, 0.2) is 22.7 Å². The van der Waals surface area contributed by atoms with Crippen LogP contribution in [0, 0.1) is 16.0 Å². The molecular formula is C17H19ClN4O6. The van der Waals surface area contributed by atoms with Gasteiger partial charge in [-0.25, -0.2) is 4.79 Å². The maximum absolute atomic E-state index is 12.4. The van der Waals surface area contributed by atoms with Crippen molar-refractivity contribution in [3.63, 3.8) is 0 Å². The second-order valence-corrected chi connectivity index (χ2v) is 6.59. The van der Waals surface area contributed by atoms with Crippen LogP contribution in [0.3, 0.4) is 0 Å². The third-order valence-electron chi connectivity index (χ3n) is 3.78. The molecule has 2 rings (SSSR count). The van der Waals surface area contributed by atoms with Crippen LogP contribution in [0.25, 0.3) is 0 Å². The zero-order valence-electron chi connectivity index (χ0n) is 15.5. The quantitative estimate of drug-likeness (QED) is 0.398.